The van der Waals surface area contributed by atoms with Crippen LogP contribution in [-0.2, 0) is 0 Å². The monoisotopic (exact) mass is 224 g/mol. The molecular weight excluding hydrogens is 212 g/mol. The Morgan fingerprint density at radius 3 is 2.94 bits per heavy atom. The van der Waals surface area contributed by atoms with E-state index < -0.39 is 0 Å². The first-order valence-corrected chi connectivity index (χ1v) is 5.27. The highest BCUT2D eigenvalue weighted by atomic mass is 16.1. The first-order valence-electron chi connectivity index (χ1n) is 5.27. The van der Waals surface area contributed by atoms with E-state index in [9.17, 15) is 4.79 Å². The smallest absolute Gasteiger partial charge is 0.305 e. The van der Waals surface area contributed by atoms with Gasteiger partial charge in [0.15, 0.2) is 0 Å². The van der Waals surface area contributed by atoms with Gasteiger partial charge in [-0.1, -0.05) is 24.1 Å². The Morgan fingerprint density at radius 1 is 1.47 bits per heavy atom. The van der Waals surface area contributed by atoms with Crippen LogP contribution < -0.4 is 5.69 Å². The second-order valence-electron chi connectivity index (χ2n) is 3.50. The standard InChI is InChI=1S/C14H12N2O/c1-3-5-8-11(4-2)16-13-10-7-6-9-12(13)15-14(16)17/h1,4-10H,2H3,(H,15,17)/b8-5-,11-4+. The molecule has 0 aliphatic rings. The van der Waals surface area contributed by atoms with Crippen LogP contribution in [0.4, 0.5) is 0 Å². The van der Waals surface area contributed by atoms with E-state index in [1.54, 1.807) is 16.7 Å². The molecule has 1 N–H and O–H groups in total. The van der Waals surface area contributed by atoms with Crippen molar-refractivity contribution in [3.8, 4) is 12.3 Å². The van der Waals surface area contributed by atoms with E-state index in [4.69, 9.17) is 6.42 Å². The van der Waals surface area contributed by atoms with Crippen molar-refractivity contribution in [2.45, 2.75) is 6.92 Å². The minimum absolute atomic E-state index is 0.166. The summed E-state index contributed by atoms with van der Waals surface area (Å²) in [7, 11) is 0. The Balaban J connectivity index is 2.70. The molecule has 1 heterocycles. The molecule has 0 atom stereocenters. The molecule has 0 saturated carbocycles. The fourth-order valence-electron chi connectivity index (χ4n) is 1.74. The van der Waals surface area contributed by atoms with Gasteiger partial charge in [0.2, 0.25) is 0 Å². The lowest BCUT2D eigenvalue weighted by molar-refractivity contribution is 1.05. The number of para-hydroxylation sites is 2. The zero-order valence-electron chi connectivity index (χ0n) is 9.47. The molecule has 0 amide bonds. The van der Waals surface area contributed by atoms with E-state index in [0.717, 1.165) is 16.7 Å². The highest BCUT2D eigenvalue weighted by Gasteiger charge is 2.07. The normalized spacial score (nSPS) is 12.1. The molecular formula is C14H12N2O. The van der Waals surface area contributed by atoms with Gasteiger partial charge in [0.05, 0.1) is 11.0 Å². The molecule has 2 rings (SSSR count). The predicted molar refractivity (Wildman–Crippen MR) is 70.5 cm³/mol. The number of benzene rings is 1. The summed E-state index contributed by atoms with van der Waals surface area (Å²) in [5.41, 5.74) is 2.24. The highest BCUT2D eigenvalue weighted by molar-refractivity contribution is 5.80. The van der Waals surface area contributed by atoms with Crippen LogP contribution in [0.2, 0.25) is 0 Å². The molecule has 1 aromatic carbocycles. The summed E-state index contributed by atoms with van der Waals surface area (Å²) in [4.78, 5) is 14.7. The summed E-state index contributed by atoms with van der Waals surface area (Å²) in [5, 5.41) is 0. The molecule has 84 valence electrons. The number of allylic oxidation sites excluding steroid dienone is 4. The number of nitrogens with zero attached hydrogens (tertiary/aromatic N) is 1. The maximum Gasteiger partial charge on any atom is 0.331 e. The zero-order valence-corrected chi connectivity index (χ0v) is 9.47. The molecule has 0 bridgehead atoms. The first kappa shape index (κ1) is 11.0. The van der Waals surface area contributed by atoms with Crippen molar-refractivity contribution in [2.75, 3.05) is 0 Å². The van der Waals surface area contributed by atoms with Crippen molar-refractivity contribution < 1.29 is 0 Å². The lowest BCUT2D eigenvalue weighted by Gasteiger charge is -2.02. The summed E-state index contributed by atoms with van der Waals surface area (Å²) in [6.45, 7) is 1.87. The molecule has 0 saturated heterocycles. The molecule has 1 aromatic heterocycles. The Kier molecular flexibility index (Phi) is 2.97. The molecule has 0 aliphatic heterocycles. The molecule has 3 heteroatoms. The van der Waals surface area contributed by atoms with E-state index >= 15 is 0 Å². The zero-order chi connectivity index (χ0) is 12.3. The van der Waals surface area contributed by atoms with Gasteiger partial charge in [-0.05, 0) is 31.2 Å². The minimum atomic E-state index is -0.166. The maximum atomic E-state index is 11.9. The third-order valence-corrected chi connectivity index (χ3v) is 2.49. The summed E-state index contributed by atoms with van der Waals surface area (Å²) in [5.74, 6) is 2.41. The van der Waals surface area contributed by atoms with Crippen LogP contribution in [0.5, 0.6) is 0 Å². The number of H-pyrrole nitrogens is 1. The number of hydrogen-bond acceptors (Lipinski definition) is 1. The summed E-state index contributed by atoms with van der Waals surface area (Å²) in [6, 6.07) is 7.53. The third kappa shape index (κ3) is 1.93. The van der Waals surface area contributed by atoms with Crippen LogP contribution in [0.3, 0.4) is 0 Å². The Labute approximate surface area is 99.1 Å². The van der Waals surface area contributed by atoms with Crippen LogP contribution in [-0.4, -0.2) is 9.55 Å². The average molecular weight is 224 g/mol. The van der Waals surface area contributed by atoms with Gasteiger partial charge in [0.25, 0.3) is 0 Å². The van der Waals surface area contributed by atoms with Gasteiger partial charge in [-0.3, -0.25) is 4.57 Å². The fourth-order valence-corrected chi connectivity index (χ4v) is 1.74. The van der Waals surface area contributed by atoms with Crippen LogP contribution >= 0.6 is 0 Å². The summed E-state index contributed by atoms with van der Waals surface area (Å²) >= 11 is 0. The van der Waals surface area contributed by atoms with Gasteiger partial charge < -0.3 is 4.98 Å². The number of rotatable bonds is 2. The van der Waals surface area contributed by atoms with Crippen molar-refractivity contribution in [2.24, 2.45) is 0 Å². The molecule has 17 heavy (non-hydrogen) atoms. The van der Waals surface area contributed by atoms with Gasteiger partial charge >= 0.3 is 5.69 Å². The molecule has 0 aliphatic carbocycles. The lowest BCUT2D eigenvalue weighted by Crippen LogP contribution is -2.14. The van der Waals surface area contributed by atoms with Crippen molar-refractivity contribution in [1.29, 1.82) is 0 Å². The number of terminal acetylenes is 1. The van der Waals surface area contributed by atoms with Crippen molar-refractivity contribution in [3.05, 3.63) is 53.0 Å². The molecule has 0 radical (unpaired) electrons. The quantitative estimate of drug-likeness (QED) is 0.617. The molecule has 0 fully saturated rings. The number of fused-ring (bicyclic) bond motifs is 1. The lowest BCUT2D eigenvalue weighted by atomic mass is 10.3. The van der Waals surface area contributed by atoms with Crippen molar-refractivity contribution >= 4 is 16.7 Å². The number of nitrogens with one attached hydrogen (secondary N) is 1. The van der Waals surface area contributed by atoms with E-state index in [0.29, 0.717) is 0 Å². The largest absolute Gasteiger partial charge is 0.331 e. The molecule has 2 aromatic rings. The van der Waals surface area contributed by atoms with E-state index in [-0.39, 0.29) is 5.69 Å². The van der Waals surface area contributed by atoms with E-state index in [1.165, 1.54) is 0 Å². The Bertz CT molecular complexity index is 693. The summed E-state index contributed by atoms with van der Waals surface area (Å²) in [6.07, 6.45) is 10.3. The summed E-state index contributed by atoms with van der Waals surface area (Å²) < 4.78 is 1.60. The topological polar surface area (TPSA) is 37.8 Å². The highest BCUT2D eigenvalue weighted by Crippen LogP contribution is 2.14. The van der Waals surface area contributed by atoms with Crippen LogP contribution in [0.25, 0.3) is 16.7 Å². The second kappa shape index (κ2) is 4.58. The fraction of sp³-hybridized carbons (Fsp3) is 0.0714. The SMILES string of the molecule is C#C/C=C\C(=C/C)n1c(=O)[nH]c2ccccc21. The number of hydrogen-bond donors (Lipinski definition) is 1. The Morgan fingerprint density at radius 2 is 2.24 bits per heavy atom. The van der Waals surface area contributed by atoms with Crippen molar-refractivity contribution in [1.82, 2.24) is 9.55 Å². The van der Waals surface area contributed by atoms with Gasteiger partial charge in [-0.15, -0.1) is 6.42 Å². The number of aromatic nitrogens is 2. The number of aromatic amines is 1. The molecule has 3 nitrogen and oxygen atoms in total. The van der Waals surface area contributed by atoms with Gasteiger partial charge in [-0.2, -0.15) is 0 Å². The van der Waals surface area contributed by atoms with Gasteiger partial charge in [0.1, 0.15) is 0 Å². The molecule has 0 unspecified atom stereocenters. The number of imidazole rings is 1. The maximum absolute atomic E-state index is 11.9. The average Bonchev–Trinajstić information content (AvgIpc) is 2.67. The van der Waals surface area contributed by atoms with Crippen LogP contribution in [0, 0.1) is 12.3 Å². The minimum Gasteiger partial charge on any atom is -0.305 e. The predicted octanol–water partition coefficient (Wildman–Crippen LogP) is 2.38. The van der Waals surface area contributed by atoms with E-state index in [2.05, 4.69) is 10.9 Å². The van der Waals surface area contributed by atoms with Gasteiger partial charge in [0, 0.05) is 5.70 Å². The second-order valence-corrected chi connectivity index (χ2v) is 3.50. The third-order valence-electron chi connectivity index (χ3n) is 2.49. The van der Waals surface area contributed by atoms with E-state index in [1.807, 2.05) is 37.3 Å². The van der Waals surface area contributed by atoms with Gasteiger partial charge in [-0.25, -0.2) is 4.79 Å². The molecule has 0 spiro atoms. The first-order chi connectivity index (χ1) is 8.27. The van der Waals surface area contributed by atoms with Crippen LogP contribution in [0.15, 0.2) is 47.3 Å². The van der Waals surface area contributed by atoms with Crippen LogP contribution in [0.1, 0.15) is 6.92 Å². The Hall–Kier alpha value is -2.47. The van der Waals surface area contributed by atoms with Crippen molar-refractivity contribution in [3.63, 3.8) is 0 Å².